The number of rotatable bonds is 4. The van der Waals surface area contributed by atoms with Gasteiger partial charge in [0.2, 0.25) is 0 Å². The maximum absolute atomic E-state index is 13.5. The Balaban J connectivity index is 1.61. The summed E-state index contributed by atoms with van der Waals surface area (Å²) >= 11 is 0. The van der Waals surface area contributed by atoms with Gasteiger partial charge in [-0.05, 0) is 77.6 Å². The molecule has 3 aromatic rings. The first kappa shape index (κ1) is 28.5. The number of halogens is 3. The number of nitrogens with zero attached hydrogens (tertiary/aromatic N) is 4. The molecule has 4 rings (SSSR count). The van der Waals surface area contributed by atoms with E-state index in [0.717, 1.165) is 6.07 Å². The molecule has 1 amide bonds. The van der Waals surface area contributed by atoms with Crippen molar-refractivity contribution in [2.45, 2.75) is 77.8 Å². The van der Waals surface area contributed by atoms with Crippen LogP contribution in [0.15, 0.2) is 30.5 Å². The van der Waals surface area contributed by atoms with Gasteiger partial charge in [-0.1, -0.05) is 12.1 Å². The molecule has 39 heavy (non-hydrogen) atoms. The number of carbonyl (C=O) groups is 1. The maximum Gasteiger partial charge on any atom is 0.416 e. The largest absolute Gasteiger partial charge is 0.444 e. The predicted octanol–water partition coefficient (Wildman–Crippen LogP) is 6.05. The first-order valence-corrected chi connectivity index (χ1v) is 12.9. The minimum absolute atomic E-state index is 0.143. The number of benzene rings is 1. The highest BCUT2D eigenvalue weighted by atomic mass is 19.4. The molecular weight excluding hydrogens is 511 g/mol. The molecular formula is C28H34F3N5O3. The zero-order valence-electron chi connectivity index (χ0n) is 23.0. The number of nitrogens with one attached hydrogen (secondary N) is 1. The molecule has 1 aliphatic heterocycles. The quantitative estimate of drug-likeness (QED) is 0.412. The van der Waals surface area contributed by atoms with Crippen LogP contribution in [0.3, 0.4) is 0 Å². The van der Waals surface area contributed by atoms with Crippen LogP contribution in [-0.4, -0.2) is 49.7 Å². The number of pyridine rings is 1. The third-order valence-electron chi connectivity index (χ3n) is 6.94. The Bertz CT molecular complexity index is 1380. The molecule has 0 unspecified atom stereocenters. The molecule has 0 radical (unpaired) electrons. The van der Waals surface area contributed by atoms with Crippen LogP contribution >= 0.6 is 0 Å². The molecule has 1 aromatic carbocycles. The smallest absolute Gasteiger partial charge is 0.416 e. The van der Waals surface area contributed by atoms with Crippen molar-refractivity contribution in [1.82, 2.24) is 19.9 Å². The molecule has 0 saturated carbocycles. The molecule has 11 heteroatoms. The zero-order valence-corrected chi connectivity index (χ0v) is 23.0. The zero-order chi connectivity index (χ0) is 28.8. The average Bonchev–Trinajstić information content (AvgIpc) is 2.82. The molecule has 1 saturated heterocycles. The van der Waals surface area contributed by atoms with Crippen molar-refractivity contribution in [3.05, 3.63) is 58.5 Å². The van der Waals surface area contributed by atoms with Gasteiger partial charge in [0, 0.05) is 24.8 Å². The normalized spacial score (nSPS) is 16.7. The van der Waals surface area contributed by atoms with Crippen LogP contribution in [-0.2, 0) is 16.5 Å². The van der Waals surface area contributed by atoms with E-state index < -0.39 is 35.1 Å². The summed E-state index contributed by atoms with van der Waals surface area (Å²) in [6.07, 6.45) is -2.73. The van der Waals surface area contributed by atoms with Gasteiger partial charge in [0.25, 0.3) is 0 Å². The molecule has 1 aliphatic rings. The molecule has 0 bridgehead atoms. The van der Waals surface area contributed by atoms with Gasteiger partial charge >= 0.3 is 12.3 Å². The Morgan fingerprint density at radius 2 is 1.82 bits per heavy atom. The van der Waals surface area contributed by atoms with Gasteiger partial charge in [-0.3, -0.25) is 0 Å². The number of anilines is 1. The van der Waals surface area contributed by atoms with E-state index in [0.29, 0.717) is 46.9 Å². The fourth-order valence-electron chi connectivity index (χ4n) is 4.87. The van der Waals surface area contributed by atoms with E-state index in [-0.39, 0.29) is 18.4 Å². The number of amides is 1. The minimum atomic E-state index is -4.45. The number of piperidine rings is 1. The standard InChI is InChI=1S/C28H34F3N5O3/c1-16-20(8-7-9-22(16)28(29,30)31)17(2)33-24-21-14-19(15-32-23(21)34-18(3)35-24)27(38)10-12-36(13-11-27)25(37)39-26(4,5)6/h7-9,14-15,17,38H,10-13H2,1-6H3,(H,32,33,34,35)/t17-/m1/s1. The lowest BCUT2D eigenvalue weighted by atomic mass is 9.85. The first-order valence-electron chi connectivity index (χ1n) is 12.9. The van der Waals surface area contributed by atoms with Gasteiger partial charge < -0.3 is 20.1 Å². The Hall–Kier alpha value is -3.47. The van der Waals surface area contributed by atoms with Crippen molar-refractivity contribution in [2.75, 3.05) is 18.4 Å². The third-order valence-corrected chi connectivity index (χ3v) is 6.94. The van der Waals surface area contributed by atoms with E-state index >= 15 is 0 Å². The molecule has 1 atom stereocenters. The lowest BCUT2D eigenvalue weighted by molar-refractivity contribution is -0.138. The van der Waals surface area contributed by atoms with Crippen LogP contribution in [0.1, 0.15) is 74.7 Å². The summed E-state index contributed by atoms with van der Waals surface area (Å²) in [6, 6.07) is 5.38. The van der Waals surface area contributed by atoms with Crippen LogP contribution in [0.5, 0.6) is 0 Å². The van der Waals surface area contributed by atoms with E-state index in [1.165, 1.54) is 13.0 Å². The molecule has 8 nitrogen and oxygen atoms in total. The summed E-state index contributed by atoms with van der Waals surface area (Å²) in [5.41, 5.74) is -0.935. The Morgan fingerprint density at radius 1 is 1.15 bits per heavy atom. The first-order chi connectivity index (χ1) is 18.1. The number of hydrogen-bond acceptors (Lipinski definition) is 7. The van der Waals surface area contributed by atoms with Crippen LogP contribution in [0, 0.1) is 13.8 Å². The van der Waals surface area contributed by atoms with Crippen LogP contribution in [0.2, 0.25) is 0 Å². The van der Waals surface area contributed by atoms with Crippen molar-refractivity contribution in [3.63, 3.8) is 0 Å². The Morgan fingerprint density at radius 3 is 2.44 bits per heavy atom. The second kappa shape index (κ2) is 10.3. The maximum atomic E-state index is 13.5. The summed E-state index contributed by atoms with van der Waals surface area (Å²) in [6.45, 7) is 11.0. The van der Waals surface area contributed by atoms with Crippen LogP contribution in [0.25, 0.3) is 11.0 Å². The number of aromatic nitrogens is 3. The van der Waals surface area contributed by atoms with Crippen LogP contribution < -0.4 is 5.32 Å². The predicted molar refractivity (Wildman–Crippen MR) is 141 cm³/mol. The van der Waals surface area contributed by atoms with Gasteiger partial charge in [-0.15, -0.1) is 0 Å². The summed E-state index contributed by atoms with van der Waals surface area (Å²) in [7, 11) is 0. The van der Waals surface area contributed by atoms with E-state index in [9.17, 15) is 23.1 Å². The van der Waals surface area contributed by atoms with Crippen molar-refractivity contribution in [1.29, 1.82) is 0 Å². The number of hydrogen-bond donors (Lipinski definition) is 2. The number of ether oxygens (including phenoxy) is 1. The average molecular weight is 546 g/mol. The molecule has 0 aliphatic carbocycles. The highest BCUT2D eigenvalue weighted by Gasteiger charge is 2.37. The monoisotopic (exact) mass is 545 g/mol. The Labute approximate surface area is 225 Å². The second-order valence-corrected chi connectivity index (χ2v) is 11.1. The lowest BCUT2D eigenvalue weighted by Crippen LogP contribution is -2.46. The number of aliphatic hydroxyl groups is 1. The second-order valence-electron chi connectivity index (χ2n) is 11.1. The van der Waals surface area contributed by atoms with E-state index in [4.69, 9.17) is 4.74 Å². The molecule has 2 N–H and O–H groups in total. The highest BCUT2D eigenvalue weighted by molar-refractivity contribution is 5.87. The van der Waals surface area contributed by atoms with Gasteiger partial charge in [0.15, 0.2) is 5.65 Å². The number of carbonyl (C=O) groups excluding carboxylic acids is 1. The highest BCUT2D eigenvalue weighted by Crippen LogP contribution is 2.37. The SMILES string of the molecule is Cc1nc(N[C@H](C)c2cccc(C(F)(F)F)c2C)c2cc(C3(O)CCN(C(=O)OC(C)(C)C)CC3)cnc2n1. The lowest BCUT2D eigenvalue weighted by Gasteiger charge is -2.38. The van der Waals surface area contributed by atoms with Gasteiger partial charge in [0.05, 0.1) is 22.6 Å². The summed E-state index contributed by atoms with van der Waals surface area (Å²) in [5, 5.41) is 15.3. The number of fused-ring (bicyclic) bond motifs is 1. The van der Waals surface area contributed by atoms with E-state index in [1.807, 2.05) is 0 Å². The van der Waals surface area contributed by atoms with Crippen molar-refractivity contribution >= 4 is 22.9 Å². The van der Waals surface area contributed by atoms with Crippen molar-refractivity contribution in [3.8, 4) is 0 Å². The van der Waals surface area contributed by atoms with E-state index in [1.54, 1.807) is 57.8 Å². The fourth-order valence-corrected chi connectivity index (χ4v) is 4.87. The van der Waals surface area contributed by atoms with Crippen molar-refractivity contribution in [2.24, 2.45) is 0 Å². The van der Waals surface area contributed by atoms with Gasteiger partial charge in [0.1, 0.15) is 17.2 Å². The van der Waals surface area contributed by atoms with E-state index in [2.05, 4.69) is 20.3 Å². The van der Waals surface area contributed by atoms with Crippen LogP contribution in [0.4, 0.5) is 23.8 Å². The number of aryl methyl sites for hydroxylation is 1. The number of likely N-dealkylation sites (tertiary alicyclic amines) is 1. The third kappa shape index (κ3) is 6.24. The molecule has 0 spiro atoms. The molecule has 3 heterocycles. The fraction of sp³-hybridized carbons (Fsp3) is 0.500. The van der Waals surface area contributed by atoms with Crippen molar-refractivity contribution < 1.29 is 27.8 Å². The molecule has 1 fully saturated rings. The summed E-state index contributed by atoms with van der Waals surface area (Å²) < 4.78 is 45.9. The topological polar surface area (TPSA) is 100 Å². The molecule has 2 aromatic heterocycles. The summed E-state index contributed by atoms with van der Waals surface area (Å²) in [5.74, 6) is 0.855. The minimum Gasteiger partial charge on any atom is -0.444 e. The van der Waals surface area contributed by atoms with Gasteiger partial charge in [-0.2, -0.15) is 13.2 Å². The van der Waals surface area contributed by atoms with Gasteiger partial charge in [-0.25, -0.2) is 19.7 Å². The summed E-state index contributed by atoms with van der Waals surface area (Å²) in [4.78, 5) is 27.4. The molecule has 210 valence electrons. The number of alkyl halides is 3. The Kier molecular flexibility index (Phi) is 7.50.